The van der Waals surface area contributed by atoms with Crippen molar-refractivity contribution in [3.05, 3.63) is 24.0 Å². The van der Waals surface area contributed by atoms with Crippen LogP contribution in [0.2, 0.25) is 0 Å². The number of piperazine rings is 1. The first-order valence-corrected chi connectivity index (χ1v) is 9.43. The van der Waals surface area contributed by atoms with E-state index in [4.69, 9.17) is 4.74 Å². The van der Waals surface area contributed by atoms with Gasteiger partial charge in [0, 0.05) is 38.8 Å². The van der Waals surface area contributed by atoms with Crippen LogP contribution in [0.3, 0.4) is 0 Å². The number of hydrogen-bond donors (Lipinski definition) is 0. The highest BCUT2D eigenvalue weighted by molar-refractivity contribution is 5.93. The zero-order valence-electron chi connectivity index (χ0n) is 14.7. The maximum absolute atomic E-state index is 12.6. The SMILES string of the molecule is O=C(c1ccnnc1)N1CCN2C[C@H](OCCN3CCCC3)C[C@H]2C1. The van der Waals surface area contributed by atoms with Crippen molar-refractivity contribution in [3.8, 4) is 0 Å². The van der Waals surface area contributed by atoms with Gasteiger partial charge in [-0.25, -0.2) is 0 Å². The monoisotopic (exact) mass is 345 g/mol. The molecule has 1 aromatic heterocycles. The largest absolute Gasteiger partial charge is 0.375 e. The fraction of sp³-hybridized carbons (Fsp3) is 0.722. The molecule has 3 aliphatic rings. The van der Waals surface area contributed by atoms with Gasteiger partial charge in [-0.1, -0.05) is 0 Å². The molecule has 4 heterocycles. The van der Waals surface area contributed by atoms with Crippen LogP contribution in [0.1, 0.15) is 29.6 Å². The Kier molecular flexibility index (Phi) is 5.24. The van der Waals surface area contributed by atoms with Gasteiger partial charge in [-0.3, -0.25) is 9.69 Å². The predicted octanol–water partition coefficient (Wildman–Crippen LogP) is 0.488. The summed E-state index contributed by atoms with van der Waals surface area (Å²) in [6.07, 6.45) is 7.12. The van der Waals surface area contributed by atoms with E-state index in [0.717, 1.165) is 45.8 Å². The number of fused-ring (bicyclic) bond motifs is 1. The molecule has 0 radical (unpaired) electrons. The van der Waals surface area contributed by atoms with Gasteiger partial charge in [0.15, 0.2) is 0 Å². The summed E-state index contributed by atoms with van der Waals surface area (Å²) in [5.74, 6) is 0.0629. The maximum Gasteiger partial charge on any atom is 0.255 e. The number of ether oxygens (including phenoxy) is 1. The quantitative estimate of drug-likeness (QED) is 0.774. The Morgan fingerprint density at radius 2 is 2.04 bits per heavy atom. The number of aromatic nitrogens is 2. The topological polar surface area (TPSA) is 61.8 Å². The number of likely N-dealkylation sites (tertiary alicyclic amines) is 1. The minimum Gasteiger partial charge on any atom is -0.375 e. The minimum atomic E-state index is 0.0629. The van der Waals surface area contributed by atoms with E-state index in [1.165, 1.54) is 25.9 Å². The summed E-state index contributed by atoms with van der Waals surface area (Å²) in [6.45, 7) is 7.83. The molecule has 0 unspecified atom stereocenters. The van der Waals surface area contributed by atoms with E-state index in [9.17, 15) is 4.79 Å². The van der Waals surface area contributed by atoms with E-state index < -0.39 is 0 Å². The molecule has 0 spiro atoms. The third-order valence-electron chi connectivity index (χ3n) is 5.66. The number of nitrogens with zero attached hydrogens (tertiary/aromatic N) is 5. The molecule has 1 aromatic rings. The van der Waals surface area contributed by atoms with Crippen molar-refractivity contribution in [3.63, 3.8) is 0 Å². The molecule has 4 rings (SSSR count). The molecule has 3 fully saturated rings. The van der Waals surface area contributed by atoms with Crippen LogP contribution in [0.4, 0.5) is 0 Å². The molecule has 0 aromatic carbocycles. The average Bonchev–Trinajstić information content (AvgIpc) is 3.30. The number of rotatable bonds is 5. The molecular weight excluding hydrogens is 318 g/mol. The molecule has 25 heavy (non-hydrogen) atoms. The Labute approximate surface area is 148 Å². The zero-order chi connectivity index (χ0) is 17.1. The van der Waals surface area contributed by atoms with Gasteiger partial charge in [-0.2, -0.15) is 10.2 Å². The number of amides is 1. The van der Waals surface area contributed by atoms with Crippen molar-refractivity contribution in [2.24, 2.45) is 0 Å². The van der Waals surface area contributed by atoms with E-state index in [2.05, 4.69) is 20.0 Å². The lowest BCUT2D eigenvalue weighted by Crippen LogP contribution is -2.52. The zero-order valence-corrected chi connectivity index (χ0v) is 14.7. The second-order valence-corrected chi connectivity index (χ2v) is 7.31. The Hall–Kier alpha value is -1.57. The summed E-state index contributed by atoms with van der Waals surface area (Å²) in [5, 5.41) is 7.56. The predicted molar refractivity (Wildman–Crippen MR) is 93.3 cm³/mol. The molecule has 7 heteroatoms. The first-order chi connectivity index (χ1) is 12.3. The molecule has 0 bridgehead atoms. The highest BCUT2D eigenvalue weighted by atomic mass is 16.5. The lowest BCUT2D eigenvalue weighted by molar-refractivity contribution is 0.0450. The van der Waals surface area contributed by atoms with Crippen LogP contribution in [0.25, 0.3) is 0 Å². The van der Waals surface area contributed by atoms with Gasteiger partial charge in [-0.15, -0.1) is 0 Å². The van der Waals surface area contributed by atoms with Crippen molar-refractivity contribution in [2.75, 3.05) is 52.4 Å². The van der Waals surface area contributed by atoms with E-state index >= 15 is 0 Å². The van der Waals surface area contributed by atoms with Crippen LogP contribution in [-0.2, 0) is 4.74 Å². The Morgan fingerprint density at radius 1 is 1.16 bits per heavy atom. The molecule has 136 valence electrons. The molecule has 0 saturated carbocycles. The highest BCUT2D eigenvalue weighted by Crippen LogP contribution is 2.25. The summed E-state index contributed by atoms with van der Waals surface area (Å²) in [7, 11) is 0. The van der Waals surface area contributed by atoms with Crippen molar-refractivity contribution < 1.29 is 9.53 Å². The van der Waals surface area contributed by atoms with Gasteiger partial charge >= 0.3 is 0 Å². The Balaban J connectivity index is 1.25. The van der Waals surface area contributed by atoms with E-state index in [1.54, 1.807) is 18.5 Å². The van der Waals surface area contributed by atoms with Crippen LogP contribution in [-0.4, -0.2) is 95.4 Å². The van der Waals surface area contributed by atoms with Crippen molar-refractivity contribution in [2.45, 2.75) is 31.4 Å². The molecule has 0 N–H and O–H groups in total. The smallest absolute Gasteiger partial charge is 0.255 e. The molecular formula is C18H27N5O2. The molecule has 3 saturated heterocycles. The van der Waals surface area contributed by atoms with Crippen LogP contribution in [0.5, 0.6) is 0 Å². The second-order valence-electron chi connectivity index (χ2n) is 7.31. The Morgan fingerprint density at radius 3 is 2.84 bits per heavy atom. The van der Waals surface area contributed by atoms with Gasteiger partial charge in [0.1, 0.15) is 0 Å². The molecule has 1 amide bonds. The minimum absolute atomic E-state index is 0.0629. The number of carbonyl (C=O) groups excluding carboxylic acids is 1. The van der Waals surface area contributed by atoms with Crippen molar-refractivity contribution >= 4 is 5.91 Å². The van der Waals surface area contributed by atoms with Gasteiger partial charge in [0.2, 0.25) is 0 Å². The molecule has 2 atom stereocenters. The summed E-state index contributed by atoms with van der Waals surface area (Å²) < 4.78 is 6.13. The average molecular weight is 345 g/mol. The third kappa shape index (κ3) is 3.99. The van der Waals surface area contributed by atoms with Crippen molar-refractivity contribution in [1.29, 1.82) is 0 Å². The molecule has 7 nitrogen and oxygen atoms in total. The first kappa shape index (κ1) is 16.9. The highest BCUT2D eigenvalue weighted by Gasteiger charge is 2.38. The van der Waals surface area contributed by atoms with Gasteiger partial charge in [0.25, 0.3) is 5.91 Å². The van der Waals surface area contributed by atoms with Crippen molar-refractivity contribution in [1.82, 2.24) is 24.9 Å². The van der Waals surface area contributed by atoms with Crippen LogP contribution in [0.15, 0.2) is 18.5 Å². The van der Waals surface area contributed by atoms with Crippen LogP contribution < -0.4 is 0 Å². The van der Waals surface area contributed by atoms with Gasteiger partial charge < -0.3 is 14.5 Å². The number of carbonyl (C=O) groups is 1. The lowest BCUT2D eigenvalue weighted by atomic mass is 10.1. The van der Waals surface area contributed by atoms with Crippen LogP contribution in [0, 0.1) is 0 Å². The normalized spacial score (nSPS) is 27.6. The fourth-order valence-electron chi connectivity index (χ4n) is 4.26. The number of hydrogen-bond acceptors (Lipinski definition) is 6. The first-order valence-electron chi connectivity index (χ1n) is 9.43. The summed E-state index contributed by atoms with van der Waals surface area (Å²) in [5.41, 5.74) is 0.625. The fourth-order valence-corrected chi connectivity index (χ4v) is 4.26. The van der Waals surface area contributed by atoms with Crippen LogP contribution >= 0.6 is 0 Å². The standard InChI is InChI=1S/C18H27N5O2/c24-18(15-3-4-19-20-12-15)23-8-7-22-14-17(11-16(22)13-23)25-10-9-21-5-1-2-6-21/h3-4,12,16-17H,1-2,5-11,13-14H2/t16-,17+/m0/s1. The van der Waals surface area contributed by atoms with Gasteiger partial charge in [0.05, 0.1) is 30.7 Å². The van der Waals surface area contributed by atoms with Gasteiger partial charge in [-0.05, 0) is 38.4 Å². The summed E-state index contributed by atoms with van der Waals surface area (Å²) in [4.78, 5) is 19.5. The summed E-state index contributed by atoms with van der Waals surface area (Å²) in [6, 6.07) is 2.16. The van der Waals surface area contributed by atoms with E-state index in [-0.39, 0.29) is 5.91 Å². The van der Waals surface area contributed by atoms with E-state index in [0.29, 0.717) is 17.7 Å². The summed E-state index contributed by atoms with van der Waals surface area (Å²) >= 11 is 0. The maximum atomic E-state index is 12.6. The third-order valence-corrected chi connectivity index (χ3v) is 5.66. The molecule has 0 aliphatic carbocycles. The molecule has 3 aliphatic heterocycles. The second kappa shape index (κ2) is 7.76. The lowest BCUT2D eigenvalue weighted by Gasteiger charge is -2.37. The van der Waals surface area contributed by atoms with E-state index in [1.807, 2.05) is 4.90 Å². The Bertz CT molecular complexity index is 578.